The molecule has 1 unspecified atom stereocenters. The fourth-order valence-corrected chi connectivity index (χ4v) is 5.25. The molecule has 1 aliphatic rings. The van der Waals surface area contributed by atoms with Crippen LogP contribution in [0.3, 0.4) is 0 Å². The van der Waals surface area contributed by atoms with E-state index in [1.807, 2.05) is 24.3 Å². The van der Waals surface area contributed by atoms with Gasteiger partial charge in [-0.3, -0.25) is 4.99 Å². The highest BCUT2D eigenvalue weighted by Gasteiger charge is 2.25. The average Bonchev–Trinajstić information content (AvgIpc) is 3.24. The molecule has 0 bridgehead atoms. The Balaban J connectivity index is 1.15. The predicted molar refractivity (Wildman–Crippen MR) is 189 cm³/mol. The van der Waals surface area contributed by atoms with Crippen molar-refractivity contribution in [3.8, 4) is 11.3 Å². The van der Waals surface area contributed by atoms with Crippen molar-refractivity contribution in [3.63, 3.8) is 0 Å². The molecule has 13 heteroatoms. The number of benzene rings is 3. The maximum Gasteiger partial charge on any atom is 0.227 e. The van der Waals surface area contributed by atoms with E-state index >= 15 is 0 Å². The minimum absolute atomic E-state index is 0.129. The molecule has 5 rings (SSSR count). The van der Waals surface area contributed by atoms with Crippen LogP contribution >= 0.6 is 11.6 Å². The summed E-state index contributed by atoms with van der Waals surface area (Å²) in [4.78, 5) is 13.8. The van der Waals surface area contributed by atoms with Crippen molar-refractivity contribution < 1.29 is 23.0 Å². The second-order valence-corrected chi connectivity index (χ2v) is 11.7. The summed E-state index contributed by atoms with van der Waals surface area (Å²) in [6.45, 7) is 5.81. The maximum absolute atomic E-state index is 14.8. The van der Waals surface area contributed by atoms with Crippen LogP contribution in [0.1, 0.15) is 35.6 Å². The third kappa shape index (κ3) is 9.80. The van der Waals surface area contributed by atoms with Gasteiger partial charge in [0.05, 0.1) is 68.3 Å². The van der Waals surface area contributed by atoms with Gasteiger partial charge in [-0.05, 0) is 48.4 Å². The summed E-state index contributed by atoms with van der Waals surface area (Å²) in [6.07, 6.45) is 4.36. The first kappa shape index (κ1) is 35.8. The van der Waals surface area contributed by atoms with E-state index in [0.29, 0.717) is 85.2 Å². The highest BCUT2D eigenvalue weighted by Crippen LogP contribution is 2.34. The smallest absolute Gasteiger partial charge is 0.227 e. The molecular formula is C36H40ClF2N7O3. The number of rotatable bonds is 17. The first-order valence-corrected chi connectivity index (χ1v) is 16.4. The minimum atomic E-state index is -0.712. The lowest BCUT2D eigenvalue weighted by Crippen LogP contribution is -2.32. The molecule has 49 heavy (non-hydrogen) atoms. The van der Waals surface area contributed by atoms with Crippen LogP contribution in [0.5, 0.6) is 0 Å². The summed E-state index contributed by atoms with van der Waals surface area (Å²) >= 11 is 6.33. The van der Waals surface area contributed by atoms with Gasteiger partial charge in [-0.1, -0.05) is 42.8 Å². The van der Waals surface area contributed by atoms with Gasteiger partial charge in [0.15, 0.2) is 0 Å². The molecule has 0 aliphatic carbocycles. The van der Waals surface area contributed by atoms with Crippen LogP contribution in [-0.2, 0) is 20.8 Å². The van der Waals surface area contributed by atoms with Crippen LogP contribution in [-0.4, -0.2) is 67.9 Å². The topological polar surface area (TPSA) is 142 Å². The van der Waals surface area contributed by atoms with Gasteiger partial charge in [0.1, 0.15) is 11.6 Å². The van der Waals surface area contributed by atoms with Gasteiger partial charge in [0.25, 0.3) is 0 Å². The standard InChI is InChI=1S/C36H40ClF2N7O3/c1-2-13-48-21-26(40)22-49-16-15-47-14-12-42-20-32(41)23-6-9-27(10-7-23)45-36-44-19-24-18-43-35(33-30(38)4-3-5-31(33)39)29-17-25(37)8-11-28(29)34(24)46-36/h3-11,17,19-20,26,42H,2,12-16,18,21-22,40-41H2,1H3,(H,44,45,46)/b32-20-. The summed E-state index contributed by atoms with van der Waals surface area (Å²) < 4.78 is 46.2. The van der Waals surface area contributed by atoms with Crippen LogP contribution < -0.4 is 22.1 Å². The summed E-state index contributed by atoms with van der Waals surface area (Å²) in [6, 6.07) is 16.2. The Labute approximate surface area is 289 Å². The number of aliphatic imine (C=N–C) groups is 1. The van der Waals surface area contributed by atoms with Crippen LogP contribution in [0.15, 0.2) is 78.1 Å². The third-order valence-corrected chi connectivity index (χ3v) is 7.71. The van der Waals surface area contributed by atoms with Gasteiger partial charge in [0, 0.05) is 52.9 Å². The van der Waals surface area contributed by atoms with Crippen LogP contribution in [0.2, 0.25) is 5.02 Å². The maximum atomic E-state index is 14.8. The summed E-state index contributed by atoms with van der Waals surface area (Å²) in [5.74, 6) is -1.08. The molecule has 258 valence electrons. The number of ether oxygens (including phenoxy) is 3. The fourth-order valence-electron chi connectivity index (χ4n) is 5.08. The quantitative estimate of drug-likeness (QED) is 0.101. The van der Waals surface area contributed by atoms with E-state index in [2.05, 4.69) is 27.5 Å². The van der Waals surface area contributed by atoms with Gasteiger partial charge in [-0.25, -0.2) is 18.7 Å². The Bertz CT molecular complexity index is 1750. The van der Waals surface area contributed by atoms with Crippen molar-refractivity contribution in [1.29, 1.82) is 0 Å². The number of anilines is 2. The number of nitrogens with zero attached hydrogens (tertiary/aromatic N) is 3. The molecule has 0 saturated carbocycles. The van der Waals surface area contributed by atoms with Crippen molar-refractivity contribution in [2.75, 3.05) is 51.5 Å². The van der Waals surface area contributed by atoms with E-state index in [0.717, 1.165) is 17.7 Å². The summed E-state index contributed by atoms with van der Waals surface area (Å²) in [5.41, 5.74) is 16.7. The number of nitrogens with one attached hydrogen (secondary N) is 2. The first-order valence-electron chi connectivity index (χ1n) is 16.0. The zero-order valence-electron chi connectivity index (χ0n) is 27.2. The number of nitrogens with two attached hydrogens (primary N) is 2. The van der Waals surface area contributed by atoms with E-state index in [1.165, 1.54) is 18.2 Å². The lowest BCUT2D eigenvalue weighted by molar-refractivity contribution is 0.0290. The second kappa shape index (κ2) is 17.8. The van der Waals surface area contributed by atoms with Gasteiger partial charge in [-0.2, -0.15) is 0 Å². The molecule has 0 spiro atoms. The first-order chi connectivity index (χ1) is 23.8. The molecule has 3 aromatic carbocycles. The van der Waals surface area contributed by atoms with Crippen molar-refractivity contribution in [2.24, 2.45) is 16.5 Å². The monoisotopic (exact) mass is 691 g/mol. The fraction of sp³-hybridized carbons (Fsp3) is 0.306. The number of fused-ring (bicyclic) bond motifs is 3. The molecule has 1 atom stereocenters. The molecule has 4 aromatic rings. The Morgan fingerprint density at radius 2 is 1.69 bits per heavy atom. The molecule has 0 radical (unpaired) electrons. The molecule has 1 aromatic heterocycles. The van der Waals surface area contributed by atoms with Crippen LogP contribution in [0.25, 0.3) is 17.0 Å². The molecule has 1 aliphatic heterocycles. The van der Waals surface area contributed by atoms with E-state index in [4.69, 9.17) is 42.3 Å². The molecule has 6 N–H and O–H groups in total. The van der Waals surface area contributed by atoms with E-state index in [9.17, 15) is 8.78 Å². The van der Waals surface area contributed by atoms with Crippen molar-refractivity contribution in [3.05, 3.63) is 112 Å². The highest BCUT2D eigenvalue weighted by molar-refractivity contribution is 6.31. The third-order valence-electron chi connectivity index (χ3n) is 7.47. The Morgan fingerprint density at radius 3 is 2.45 bits per heavy atom. The Morgan fingerprint density at radius 1 is 0.959 bits per heavy atom. The molecular weight excluding hydrogens is 652 g/mol. The van der Waals surface area contributed by atoms with Gasteiger partial charge in [0.2, 0.25) is 5.95 Å². The molecule has 0 amide bonds. The van der Waals surface area contributed by atoms with Crippen molar-refractivity contribution in [2.45, 2.75) is 25.9 Å². The van der Waals surface area contributed by atoms with E-state index in [-0.39, 0.29) is 23.9 Å². The molecule has 0 fully saturated rings. The van der Waals surface area contributed by atoms with Crippen molar-refractivity contribution in [1.82, 2.24) is 15.3 Å². The zero-order chi connectivity index (χ0) is 34.6. The van der Waals surface area contributed by atoms with E-state index in [1.54, 1.807) is 30.6 Å². The van der Waals surface area contributed by atoms with Crippen LogP contribution in [0, 0.1) is 11.6 Å². The number of hydrogen-bond acceptors (Lipinski definition) is 10. The summed E-state index contributed by atoms with van der Waals surface area (Å²) in [7, 11) is 0. The lowest BCUT2D eigenvalue weighted by Gasteiger charge is -2.13. The van der Waals surface area contributed by atoms with E-state index < -0.39 is 11.6 Å². The molecule has 10 nitrogen and oxygen atoms in total. The average molecular weight is 692 g/mol. The lowest BCUT2D eigenvalue weighted by atomic mass is 9.95. The normalized spacial score (nSPS) is 13.2. The van der Waals surface area contributed by atoms with Gasteiger partial charge < -0.3 is 36.3 Å². The SMILES string of the molecule is CCCOCC(N)COCCOCCN/C=C(\N)c1ccc(Nc2ncc3c(n2)-c2ccc(Cl)cc2C(c2c(F)cccc2F)=NC3)cc1. The molecule has 0 saturated heterocycles. The van der Waals surface area contributed by atoms with Gasteiger partial charge >= 0.3 is 0 Å². The van der Waals surface area contributed by atoms with Gasteiger partial charge in [-0.15, -0.1) is 0 Å². The van der Waals surface area contributed by atoms with Crippen LogP contribution in [0.4, 0.5) is 20.4 Å². The largest absolute Gasteiger partial charge is 0.397 e. The summed E-state index contributed by atoms with van der Waals surface area (Å²) in [5, 5.41) is 6.78. The molecule has 2 heterocycles. The predicted octanol–water partition coefficient (Wildman–Crippen LogP) is 5.80. The Kier molecular flexibility index (Phi) is 13.0. The number of halogens is 3. The minimum Gasteiger partial charge on any atom is -0.397 e. The second-order valence-electron chi connectivity index (χ2n) is 11.3. The zero-order valence-corrected chi connectivity index (χ0v) is 28.0. The highest BCUT2D eigenvalue weighted by atomic mass is 35.5. The number of aromatic nitrogens is 2. The number of hydrogen-bond donors (Lipinski definition) is 4. The Hall–Kier alpha value is -4.46. The van der Waals surface area contributed by atoms with Crippen molar-refractivity contribution >= 4 is 34.6 Å².